The van der Waals surface area contributed by atoms with E-state index >= 15 is 0 Å². The smallest absolute Gasteiger partial charge is 0.290 e. The Kier molecular flexibility index (Phi) is 5.88. The summed E-state index contributed by atoms with van der Waals surface area (Å²) in [6.45, 7) is 1.69. The molecule has 0 aliphatic rings. The van der Waals surface area contributed by atoms with Crippen molar-refractivity contribution in [2.75, 3.05) is 6.54 Å². The van der Waals surface area contributed by atoms with Gasteiger partial charge in [0, 0.05) is 17.6 Å². The molecular weight excluding hydrogens is 308 g/mol. The van der Waals surface area contributed by atoms with E-state index in [1.165, 1.54) is 6.07 Å². The van der Waals surface area contributed by atoms with Crippen molar-refractivity contribution in [3.8, 4) is 0 Å². The molecule has 112 valence electrons. The molecule has 0 aliphatic heterocycles. The van der Waals surface area contributed by atoms with Crippen LogP contribution < -0.4 is 4.72 Å². The predicted molar refractivity (Wildman–Crippen MR) is 74.2 cm³/mol. The van der Waals surface area contributed by atoms with Crippen molar-refractivity contribution in [1.82, 2.24) is 4.72 Å². The fraction of sp³-hybridized carbons (Fsp3) is 0.455. The maximum Gasteiger partial charge on any atom is 0.290 e. The van der Waals surface area contributed by atoms with Gasteiger partial charge >= 0.3 is 0 Å². The van der Waals surface area contributed by atoms with E-state index in [2.05, 4.69) is 4.72 Å². The van der Waals surface area contributed by atoms with Gasteiger partial charge in [-0.3, -0.25) is 10.1 Å². The van der Waals surface area contributed by atoms with Gasteiger partial charge in [-0.05, 0) is 31.9 Å². The van der Waals surface area contributed by atoms with Crippen LogP contribution in [0.1, 0.15) is 19.8 Å². The van der Waals surface area contributed by atoms with E-state index in [-0.39, 0.29) is 11.6 Å². The van der Waals surface area contributed by atoms with Crippen molar-refractivity contribution in [2.24, 2.45) is 0 Å². The molecule has 1 atom stereocenters. The van der Waals surface area contributed by atoms with E-state index in [9.17, 15) is 18.5 Å². The first-order valence-corrected chi connectivity index (χ1v) is 7.72. The fourth-order valence-corrected chi connectivity index (χ4v) is 2.93. The molecule has 9 heteroatoms. The van der Waals surface area contributed by atoms with Crippen molar-refractivity contribution in [3.63, 3.8) is 0 Å². The highest BCUT2D eigenvalue weighted by Gasteiger charge is 2.25. The SMILES string of the molecule is CC(O)CCCNS(=O)(=O)c1ccc(Cl)cc1[N+](=O)[O-]. The predicted octanol–water partition coefficient (Wildman–Crippen LogP) is 1.69. The van der Waals surface area contributed by atoms with E-state index in [4.69, 9.17) is 16.7 Å². The van der Waals surface area contributed by atoms with Crippen LogP contribution in [0, 0.1) is 10.1 Å². The molecular formula is C11H15ClN2O5S. The fourth-order valence-electron chi connectivity index (χ4n) is 1.54. The second-order valence-electron chi connectivity index (χ2n) is 4.26. The van der Waals surface area contributed by atoms with Crippen LogP contribution in [0.2, 0.25) is 5.02 Å². The number of rotatable bonds is 7. The minimum atomic E-state index is -3.98. The number of nitro benzene ring substituents is 1. The maximum absolute atomic E-state index is 12.0. The number of nitro groups is 1. The summed E-state index contributed by atoms with van der Waals surface area (Å²) >= 11 is 5.63. The van der Waals surface area contributed by atoms with Gasteiger partial charge in [-0.2, -0.15) is 0 Å². The third kappa shape index (κ3) is 4.71. The molecule has 20 heavy (non-hydrogen) atoms. The maximum atomic E-state index is 12.0. The lowest BCUT2D eigenvalue weighted by Crippen LogP contribution is -2.26. The van der Waals surface area contributed by atoms with Crippen molar-refractivity contribution in [2.45, 2.75) is 30.8 Å². The second kappa shape index (κ2) is 6.98. The number of aliphatic hydroxyl groups is 1. The molecule has 0 bridgehead atoms. The molecule has 1 unspecified atom stereocenters. The molecule has 1 rings (SSSR count). The van der Waals surface area contributed by atoms with Gasteiger partial charge in [-0.25, -0.2) is 13.1 Å². The van der Waals surface area contributed by atoms with Gasteiger partial charge in [0.15, 0.2) is 4.90 Å². The number of aliphatic hydroxyl groups excluding tert-OH is 1. The van der Waals surface area contributed by atoms with Gasteiger partial charge in [0.05, 0.1) is 11.0 Å². The van der Waals surface area contributed by atoms with E-state index in [1.807, 2.05) is 0 Å². The Morgan fingerprint density at radius 2 is 2.15 bits per heavy atom. The summed E-state index contributed by atoms with van der Waals surface area (Å²) < 4.78 is 26.2. The summed E-state index contributed by atoms with van der Waals surface area (Å²) in [4.78, 5) is 9.64. The van der Waals surface area contributed by atoms with Crippen LogP contribution >= 0.6 is 11.6 Å². The zero-order valence-electron chi connectivity index (χ0n) is 10.7. The number of benzene rings is 1. The van der Waals surface area contributed by atoms with Crippen molar-refractivity contribution >= 4 is 27.3 Å². The lowest BCUT2D eigenvalue weighted by molar-refractivity contribution is -0.387. The zero-order chi connectivity index (χ0) is 15.3. The molecule has 0 aliphatic carbocycles. The van der Waals surface area contributed by atoms with E-state index in [1.54, 1.807) is 6.92 Å². The number of nitrogens with zero attached hydrogens (tertiary/aromatic N) is 1. The zero-order valence-corrected chi connectivity index (χ0v) is 12.3. The average Bonchev–Trinajstić information content (AvgIpc) is 2.34. The van der Waals surface area contributed by atoms with Gasteiger partial charge < -0.3 is 5.11 Å². The van der Waals surface area contributed by atoms with Gasteiger partial charge in [-0.15, -0.1) is 0 Å². The Bertz CT molecular complexity index is 588. The molecule has 0 spiro atoms. The molecule has 0 aromatic heterocycles. The van der Waals surface area contributed by atoms with Crippen LogP contribution in [0.25, 0.3) is 0 Å². The van der Waals surface area contributed by atoms with E-state index < -0.39 is 31.6 Å². The number of sulfonamides is 1. The van der Waals surface area contributed by atoms with Gasteiger partial charge in [0.2, 0.25) is 10.0 Å². The molecule has 0 amide bonds. The minimum absolute atomic E-state index is 0.0877. The molecule has 0 fully saturated rings. The summed E-state index contributed by atoms with van der Waals surface area (Å²) in [5.74, 6) is 0. The Balaban J connectivity index is 2.90. The lowest BCUT2D eigenvalue weighted by atomic mass is 10.2. The largest absolute Gasteiger partial charge is 0.393 e. The summed E-state index contributed by atoms with van der Waals surface area (Å²) in [5.41, 5.74) is -0.569. The molecule has 0 heterocycles. The van der Waals surface area contributed by atoms with Crippen LogP contribution in [-0.2, 0) is 10.0 Å². The van der Waals surface area contributed by atoms with E-state index in [0.29, 0.717) is 12.8 Å². The first kappa shape index (κ1) is 16.8. The van der Waals surface area contributed by atoms with Crippen LogP contribution in [0.4, 0.5) is 5.69 Å². The van der Waals surface area contributed by atoms with Gasteiger partial charge in [0.25, 0.3) is 5.69 Å². The van der Waals surface area contributed by atoms with Crippen molar-refractivity contribution in [1.29, 1.82) is 0 Å². The molecule has 0 saturated carbocycles. The Morgan fingerprint density at radius 1 is 1.50 bits per heavy atom. The molecule has 0 saturated heterocycles. The highest BCUT2D eigenvalue weighted by atomic mass is 35.5. The summed E-state index contributed by atoms with van der Waals surface area (Å²) in [7, 11) is -3.98. The number of hydrogen-bond acceptors (Lipinski definition) is 5. The molecule has 0 radical (unpaired) electrons. The van der Waals surface area contributed by atoms with Gasteiger partial charge in [0.1, 0.15) is 0 Å². The first-order chi connectivity index (χ1) is 9.24. The van der Waals surface area contributed by atoms with Crippen LogP contribution in [0.5, 0.6) is 0 Å². The quantitative estimate of drug-likeness (QED) is 0.451. The standard InChI is InChI=1S/C11H15ClN2O5S/c1-8(15)3-2-6-13-20(18,19)11-5-4-9(12)7-10(11)14(16)17/h4-5,7-8,13,15H,2-3,6H2,1H3. The number of nitrogens with one attached hydrogen (secondary N) is 1. The average molecular weight is 323 g/mol. The Hall–Kier alpha value is -1.22. The molecule has 7 nitrogen and oxygen atoms in total. The lowest BCUT2D eigenvalue weighted by Gasteiger charge is -2.08. The van der Waals surface area contributed by atoms with Gasteiger partial charge in [-0.1, -0.05) is 11.6 Å². The Morgan fingerprint density at radius 3 is 2.70 bits per heavy atom. The summed E-state index contributed by atoms with van der Waals surface area (Å²) in [5, 5.41) is 20.0. The molecule has 1 aromatic carbocycles. The number of halogens is 1. The van der Waals surface area contributed by atoms with Crippen LogP contribution in [0.3, 0.4) is 0 Å². The molecule has 1 aromatic rings. The van der Waals surface area contributed by atoms with Crippen LogP contribution in [-0.4, -0.2) is 31.1 Å². The highest BCUT2D eigenvalue weighted by molar-refractivity contribution is 7.89. The first-order valence-electron chi connectivity index (χ1n) is 5.85. The topological polar surface area (TPSA) is 110 Å². The van der Waals surface area contributed by atoms with Crippen molar-refractivity contribution < 1.29 is 18.4 Å². The third-order valence-electron chi connectivity index (χ3n) is 2.50. The highest BCUT2D eigenvalue weighted by Crippen LogP contribution is 2.26. The number of hydrogen-bond donors (Lipinski definition) is 2. The minimum Gasteiger partial charge on any atom is -0.393 e. The van der Waals surface area contributed by atoms with E-state index in [0.717, 1.165) is 12.1 Å². The molecule has 2 N–H and O–H groups in total. The second-order valence-corrected chi connectivity index (χ2v) is 6.43. The Labute approximate surface area is 121 Å². The summed E-state index contributed by atoms with van der Waals surface area (Å²) in [6.07, 6.45) is 0.341. The normalized spacial score (nSPS) is 13.2. The van der Waals surface area contributed by atoms with Crippen molar-refractivity contribution in [3.05, 3.63) is 33.3 Å². The van der Waals surface area contributed by atoms with Crippen LogP contribution in [0.15, 0.2) is 23.1 Å². The summed E-state index contributed by atoms with van der Waals surface area (Å²) in [6, 6.07) is 3.36. The third-order valence-corrected chi connectivity index (χ3v) is 4.24. The monoisotopic (exact) mass is 322 g/mol.